The van der Waals surface area contributed by atoms with Crippen molar-refractivity contribution in [3.63, 3.8) is 0 Å². The average Bonchev–Trinajstić information content (AvgIpc) is 3.27. The Bertz CT molecular complexity index is 1210. The van der Waals surface area contributed by atoms with Crippen LogP contribution in [0.4, 0.5) is 11.4 Å². The van der Waals surface area contributed by atoms with E-state index in [9.17, 15) is 19.2 Å². The minimum absolute atomic E-state index is 0.101. The molecule has 1 aromatic heterocycles. The Hall–Kier alpha value is -4.27. The number of hydrogen-bond acceptors (Lipinski definition) is 7. The van der Waals surface area contributed by atoms with Crippen molar-refractivity contribution in [3.05, 3.63) is 76.7 Å². The summed E-state index contributed by atoms with van der Waals surface area (Å²) in [5.41, 5.74) is 2.00. The molecule has 0 saturated heterocycles. The van der Waals surface area contributed by atoms with Crippen LogP contribution in [-0.2, 0) is 16.1 Å². The van der Waals surface area contributed by atoms with Gasteiger partial charge in [-0.25, -0.2) is 9.69 Å². The van der Waals surface area contributed by atoms with Crippen LogP contribution in [0.3, 0.4) is 0 Å². The van der Waals surface area contributed by atoms with E-state index in [0.29, 0.717) is 22.8 Å². The molecule has 0 aliphatic carbocycles. The Labute approximate surface area is 176 Å². The third-order valence-electron chi connectivity index (χ3n) is 4.59. The summed E-state index contributed by atoms with van der Waals surface area (Å²) in [6, 6.07) is 12.1. The molecule has 0 saturated carbocycles. The van der Waals surface area contributed by atoms with Crippen LogP contribution in [0.5, 0.6) is 0 Å². The molecule has 0 radical (unpaired) electrons. The lowest BCUT2D eigenvalue weighted by atomic mass is 10.1. The molecule has 0 bridgehead atoms. The van der Waals surface area contributed by atoms with E-state index in [2.05, 4.69) is 10.5 Å². The molecule has 0 atom stereocenters. The molecular formula is C22H17N3O6. The Kier molecular flexibility index (Phi) is 5.08. The molecule has 3 aromatic rings. The van der Waals surface area contributed by atoms with Gasteiger partial charge >= 0.3 is 5.97 Å². The number of amides is 3. The monoisotopic (exact) mass is 419 g/mol. The summed E-state index contributed by atoms with van der Waals surface area (Å²) in [6.07, 6.45) is 0. The number of aryl methyl sites for hydroxylation is 1. The molecule has 1 aliphatic rings. The van der Waals surface area contributed by atoms with E-state index in [-0.39, 0.29) is 29.2 Å². The van der Waals surface area contributed by atoms with E-state index in [1.807, 2.05) is 0 Å². The normalized spacial score (nSPS) is 12.6. The number of esters is 1. The van der Waals surface area contributed by atoms with Gasteiger partial charge in [0.05, 0.1) is 28.1 Å². The van der Waals surface area contributed by atoms with E-state index < -0.39 is 17.8 Å². The lowest BCUT2D eigenvalue weighted by molar-refractivity contribution is -0.114. The van der Waals surface area contributed by atoms with E-state index in [4.69, 9.17) is 9.26 Å². The summed E-state index contributed by atoms with van der Waals surface area (Å²) in [6.45, 7) is 3.03. The molecule has 1 N–H and O–H groups in total. The maximum Gasteiger partial charge on any atom is 0.338 e. The van der Waals surface area contributed by atoms with Crippen LogP contribution in [0.15, 0.2) is 53.1 Å². The Morgan fingerprint density at radius 1 is 1.03 bits per heavy atom. The number of ether oxygens (including phenoxy) is 1. The molecule has 9 nitrogen and oxygen atoms in total. The minimum atomic E-state index is -0.657. The van der Waals surface area contributed by atoms with Crippen LogP contribution in [0, 0.1) is 6.92 Å². The van der Waals surface area contributed by atoms with Gasteiger partial charge in [0.2, 0.25) is 5.91 Å². The van der Waals surface area contributed by atoms with Crippen molar-refractivity contribution in [1.82, 2.24) is 5.16 Å². The van der Waals surface area contributed by atoms with Crippen molar-refractivity contribution in [3.8, 4) is 0 Å². The largest absolute Gasteiger partial charge is 0.454 e. The number of carbonyl (C=O) groups is 4. The molecule has 9 heteroatoms. The van der Waals surface area contributed by atoms with Gasteiger partial charge in [-0.2, -0.15) is 0 Å². The number of nitrogens with one attached hydrogen (secondary N) is 1. The van der Waals surface area contributed by atoms with Gasteiger partial charge in [-0.3, -0.25) is 14.4 Å². The van der Waals surface area contributed by atoms with E-state index in [1.54, 1.807) is 37.3 Å². The lowest BCUT2D eigenvalue weighted by Crippen LogP contribution is -2.29. The Balaban J connectivity index is 1.52. The summed E-state index contributed by atoms with van der Waals surface area (Å²) < 4.78 is 10.2. The van der Waals surface area contributed by atoms with Crippen LogP contribution in [0.1, 0.15) is 49.5 Å². The van der Waals surface area contributed by atoms with Gasteiger partial charge in [0.25, 0.3) is 11.8 Å². The molecular weight excluding hydrogens is 402 g/mol. The van der Waals surface area contributed by atoms with Gasteiger partial charge in [0, 0.05) is 18.7 Å². The van der Waals surface area contributed by atoms with Crippen molar-refractivity contribution < 1.29 is 28.4 Å². The lowest BCUT2D eigenvalue weighted by Gasteiger charge is -2.14. The summed E-state index contributed by atoms with van der Waals surface area (Å²) >= 11 is 0. The SMILES string of the molecule is CC(=O)Nc1ccc(N2C(=O)c3ccc(C(=O)OCc4cc(C)no4)cc3C2=O)cc1. The van der Waals surface area contributed by atoms with Gasteiger partial charge in [0.1, 0.15) is 0 Å². The molecule has 2 aromatic carbocycles. The van der Waals surface area contributed by atoms with Gasteiger partial charge in [-0.15, -0.1) is 0 Å². The topological polar surface area (TPSA) is 119 Å². The van der Waals surface area contributed by atoms with Crippen molar-refractivity contribution in [2.75, 3.05) is 10.2 Å². The minimum Gasteiger partial charge on any atom is -0.454 e. The fraction of sp³-hybridized carbons (Fsp3) is 0.136. The zero-order valence-corrected chi connectivity index (χ0v) is 16.7. The smallest absolute Gasteiger partial charge is 0.338 e. The maximum atomic E-state index is 12.9. The van der Waals surface area contributed by atoms with Crippen molar-refractivity contribution in [2.24, 2.45) is 0 Å². The van der Waals surface area contributed by atoms with Gasteiger partial charge in [0.15, 0.2) is 12.4 Å². The number of rotatable bonds is 5. The zero-order valence-electron chi connectivity index (χ0n) is 16.7. The first kappa shape index (κ1) is 20.0. The summed E-state index contributed by atoms with van der Waals surface area (Å²) in [5.74, 6) is -1.54. The van der Waals surface area contributed by atoms with E-state index >= 15 is 0 Å². The zero-order chi connectivity index (χ0) is 22.1. The number of carbonyl (C=O) groups excluding carboxylic acids is 4. The molecule has 3 amide bonds. The highest BCUT2D eigenvalue weighted by atomic mass is 16.5. The second kappa shape index (κ2) is 7.86. The van der Waals surface area contributed by atoms with Crippen LogP contribution in [0.2, 0.25) is 0 Å². The first-order valence-electron chi connectivity index (χ1n) is 9.33. The van der Waals surface area contributed by atoms with E-state index in [1.165, 1.54) is 25.1 Å². The number of aromatic nitrogens is 1. The second-order valence-electron chi connectivity index (χ2n) is 6.94. The van der Waals surface area contributed by atoms with Crippen molar-refractivity contribution >= 4 is 35.1 Å². The van der Waals surface area contributed by atoms with Gasteiger partial charge in [-0.05, 0) is 49.4 Å². The molecule has 2 heterocycles. The summed E-state index contributed by atoms with van der Waals surface area (Å²) in [4.78, 5) is 50.2. The highest BCUT2D eigenvalue weighted by molar-refractivity contribution is 6.34. The molecule has 156 valence electrons. The standard InChI is InChI=1S/C22H17N3O6/c1-12-9-17(31-24-12)11-30-22(29)14-3-8-18-19(10-14)21(28)25(20(18)27)16-6-4-15(5-7-16)23-13(2)26/h3-10H,11H2,1-2H3,(H,23,26). The molecule has 1 aliphatic heterocycles. The average molecular weight is 419 g/mol. The maximum absolute atomic E-state index is 12.9. The third kappa shape index (κ3) is 3.93. The Morgan fingerprint density at radius 2 is 1.74 bits per heavy atom. The van der Waals surface area contributed by atoms with Gasteiger partial charge in [-0.1, -0.05) is 5.16 Å². The highest BCUT2D eigenvalue weighted by Crippen LogP contribution is 2.30. The summed E-state index contributed by atoms with van der Waals surface area (Å²) in [7, 11) is 0. The van der Waals surface area contributed by atoms with E-state index in [0.717, 1.165) is 4.90 Å². The first-order chi connectivity index (χ1) is 14.8. The van der Waals surface area contributed by atoms with Crippen LogP contribution in [0.25, 0.3) is 0 Å². The number of anilines is 2. The second-order valence-corrected chi connectivity index (χ2v) is 6.94. The predicted octanol–water partition coefficient (Wildman–Crippen LogP) is 3.10. The molecule has 31 heavy (non-hydrogen) atoms. The fourth-order valence-corrected chi connectivity index (χ4v) is 3.20. The highest BCUT2D eigenvalue weighted by Gasteiger charge is 2.37. The number of nitrogens with zero attached hydrogens (tertiary/aromatic N) is 2. The molecule has 0 fully saturated rings. The van der Waals surface area contributed by atoms with Crippen molar-refractivity contribution in [2.45, 2.75) is 20.5 Å². The molecule has 4 rings (SSSR count). The van der Waals surface area contributed by atoms with Crippen LogP contribution in [-0.4, -0.2) is 28.8 Å². The fourth-order valence-electron chi connectivity index (χ4n) is 3.20. The number of benzene rings is 2. The van der Waals surface area contributed by atoms with Crippen LogP contribution >= 0.6 is 0 Å². The van der Waals surface area contributed by atoms with Crippen LogP contribution < -0.4 is 10.2 Å². The predicted molar refractivity (Wildman–Crippen MR) is 109 cm³/mol. The molecule has 0 unspecified atom stereocenters. The Morgan fingerprint density at radius 3 is 2.39 bits per heavy atom. The number of imide groups is 1. The summed E-state index contributed by atoms with van der Waals surface area (Å²) in [5, 5.41) is 6.33. The first-order valence-corrected chi connectivity index (χ1v) is 9.33. The third-order valence-corrected chi connectivity index (χ3v) is 4.59. The van der Waals surface area contributed by atoms with Gasteiger partial charge < -0.3 is 14.6 Å². The van der Waals surface area contributed by atoms with Crippen molar-refractivity contribution in [1.29, 1.82) is 0 Å². The number of fused-ring (bicyclic) bond motifs is 1. The quantitative estimate of drug-likeness (QED) is 0.498. The molecule has 0 spiro atoms. The number of hydrogen-bond donors (Lipinski definition) is 1.